The summed E-state index contributed by atoms with van der Waals surface area (Å²) in [5, 5.41) is 2.85. The van der Waals surface area contributed by atoms with Crippen LogP contribution in [0.15, 0.2) is 78.7 Å². The molecule has 0 aromatic heterocycles. The third-order valence-electron chi connectivity index (χ3n) is 6.35. The normalized spacial score (nSPS) is 13.2. The molecule has 1 aliphatic heterocycles. The van der Waals surface area contributed by atoms with Crippen LogP contribution in [0.1, 0.15) is 73.3 Å². The first-order valence-corrected chi connectivity index (χ1v) is 14.6. The Morgan fingerprint density at radius 2 is 1.56 bits per heavy atom. The number of esters is 1. The predicted octanol–water partition coefficient (Wildman–Crippen LogP) is 7.12. The summed E-state index contributed by atoms with van der Waals surface area (Å²) in [6.07, 6.45) is 17.5. The number of carbonyl (C=O) groups is 2. The van der Waals surface area contributed by atoms with Crippen LogP contribution in [0.4, 0.5) is 0 Å². The number of terminal acetylenes is 1. The Balaban J connectivity index is 0. The molecule has 228 valence electrons. The van der Waals surface area contributed by atoms with E-state index in [0.29, 0.717) is 12.5 Å². The number of hydrogen-bond acceptors (Lipinski definition) is 5. The van der Waals surface area contributed by atoms with Gasteiger partial charge in [0.2, 0.25) is 5.91 Å². The molecule has 0 saturated carbocycles. The summed E-state index contributed by atoms with van der Waals surface area (Å²) in [6, 6.07) is 9.60. The van der Waals surface area contributed by atoms with E-state index in [1.807, 2.05) is 57.2 Å². The maximum Gasteiger partial charge on any atom is 0.302 e. The highest BCUT2D eigenvalue weighted by atomic mass is 16.5. The molecule has 0 bridgehead atoms. The van der Waals surface area contributed by atoms with Gasteiger partial charge >= 0.3 is 5.97 Å². The van der Waals surface area contributed by atoms with Gasteiger partial charge < -0.3 is 19.9 Å². The minimum absolute atomic E-state index is 0.0534. The predicted molar refractivity (Wildman–Crippen MR) is 175 cm³/mol. The summed E-state index contributed by atoms with van der Waals surface area (Å²) in [5.74, 6) is 0.296. The van der Waals surface area contributed by atoms with Crippen LogP contribution in [0.3, 0.4) is 0 Å². The summed E-state index contributed by atoms with van der Waals surface area (Å²) in [6.45, 7) is 27.1. The number of hydrogen-bond donors (Lipinski definition) is 1. The monoisotopic (exact) mass is 565 g/mol. The molecule has 0 radical (unpaired) electrons. The Labute approximate surface area is 251 Å². The van der Waals surface area contributed by atoms with Crippen molar-refractivity contribution in [2.45, 2.75) is 74.3 Å². The van der Waals surface area contributed by atoms with Gasteiger partial charge in [-0.05, 0) is 43.7 Å². The van der Waals surface area contributed by atoms with Crippen molar-refractivity contribution in [1.29, 1.82) is 0 Å². The van der Waals surface area contributed by atoms with Crippen molar-refractivity contribution in [3.05, 3.63) is 84.2 Å². The number of carbonyl (C=O) groups excluding carboxylic acids is 2. The molecular formula is C35H55N3O3. The van der Waals surface area contributed by atoms with Gasteiger partial charge in [0.25, 0.3) is 0 Å². The van der Waals surface area contributed by atoms with Crippen molar-refractivity contribution in [3.8, 4) is 12.8 Å². The molecule has 1 aromatic rings. The van der Waals surface area contributed by atoms with Gasteiger partial charge in [0.1, 0.15) is 6.61 Å². The summed E-state index contributed by atoms with van der Waals surface area (Å²) in [7, 11) is 0. The number of rotatable bonds is 12. The van der Waals surface area contributed by atoms with E-state index in [-0.39, 0.29) is 11.9 Å². The largest absolute Gasteiger partial charge is 0.461 e. The van der Waals surface area contributed by atoms with Crippen LogP contribution in [0.5, 0.6) is 0 Å². The van der Waals surface area contributed by atoms with Gasteiger partial charge in [-0.1, -0.05) is 88.9 Å². The fourth-order valence-electron chi connectivity index (χ4n) is 3.93. The highest BCUT2D eigenvalue weighted by Gasteiger charge is 2.21. The molecule has 6 heteroatoms. The lowest BCUT2D eigenvalue weighted by atomic mass is 9.99. The molecule has 1 fully saturated rings. The van der Waals surface area contributed by atoms with Crippen molar-refractivity contribution < 1.29 is 14.3 Å². The molecule has 0 aliphatic carbocycles. The van der Waals surface area contributed by atoms with Crippen molar-refractivity contribution >= 4 is 11.9 Å². The van der Waals surface area contributed by atoms with E-state index in [4.69, 9.17) is 4.74 Å². The van der Waals surface area contributed by atoms with Crippen LogP contribution in [0.25, 0.3) is 0 Å². The van der Waals surface area contributed by atoms with E-state index in [9.17, 15) is 9.59 Å². The molecule has 1 N–H and O–H groups in total. The van der Waals surface area contributed by atoms with Crippen LogP contribution >= 0.6 is 0 Å². The lowest BCUT2D eigenvalue weighted by Gasteiger charge is -2.40. The van der Waals surface area contributed by atoms with E-state index < -0.39 is 0 Å². The Morgan fingerprint density at radius 3 is 2.07 bits per heavy atom. The molecule has 1 heterocycles. The first-order valence-electron chi connectivity index (χ1n) is 14.6. The summed E-state index contributed by atoms with van der Waals surface area (Å²) in [4.78, 5) is 26.1. The number of amides is 1. The number of unbranched alkanes of at least 4 members (excludes halogenated alkanes) is 1. The van der Waals surface area contributed by atoms with Gasteiger partial charge in [0.05, 0.1) is 0 Å². The second kappa shape index (κ2) is 25.3. The quantitative estimate of drug-likeness (QED) is 0.127. The van der Waals surface area contributed by atoms with Gasteiger partial charge in [-0.3, -0.25) is 9.59 Å². The van der Waals surface area contributed by atoms with Crippen LogP contribution in [-0.4, -0.2) is 54.4 Å². The smallest absolute Gasteiger partial charge is 0.302 e. The second-order valence-electron chi connectivity index (χ2n) is 9.43. The lowest BCUT2D eigenvalue weighted by molar-refractivity contribution is -0.142. The first-order chi connectivity index (χ1) is 19.6. The Kier molecular flexibility index (Phi) is 24.3. The zero-order valence-corrected chi connectivity index (χ0v) is 26.7. The van der Waals surface area contributed by atoms with Gasteiger partial charge in [0.15, 0.2) is 0 Å². The van der Waals surface area contributed by atoms with Gasteiger partial charge in [-0.2, -0.15) is 0 Å². The average Bonchev–Trinajstić information content (AvgIpc) is 3.00. The molecule has 1 amide bonds. The minimum atomic E-state index is -0.242. The highest BCUT2D eigenvalue weighted by Crippen LogP contribution is 2.23. The van der Waals surface area contributed by atoms with Gasteiger partial charge in [-0.15, -0.1) is 12.8 Å². The van der Waals surface area contributed by atoms with Gasteiger partial charge in [-0.25, -0.2) is 0 Å². The molecule has 6 nitrogen and oxygen atoms in total. The molecule has 41 heavy (non-hydrogen) atoms. The SMILES string of the molecule is C#C.C=C(/C(C)=C\C=C/C)N1CCN(C(=C)[C@@H](C)CCCCNC(C)=O)CC1.CC.CC(=O)OCc1ccccc1. The zero-order chi connectivity index (χ0) is 31.6. The number of nitrogens with zero attached hydrogens (tertiary/aromatic N) is 2. The Morgan fingerprint density at radius 1 is 1.00 bits per heavy atom. The van der Waals surface area contributed by atoms with Crippen molar-refractivity contribution in [1.82, 2.24) is 15.1 Å². The summed E-state index contributed by atoms with van der Waals surface area (Å²) >= 11 is 0. The highest BCUT2D eigenvalue weighted by molar-refractivity contribution is 5.72. The number of benzene rings is 1. The average molecular weight is 566 g/mol. The number of ether oxygens (including phenoxy) is 1. The molecule has 1 atom stereocenters. The Hall–Kier alpha value is -3.72. The van der Waals surface area contributed by atoms with Crippen LogP contribution < -0.4 is 5.32 Å². The summed E-state index contributed by atoms with van der Waals surface area (Å²) in [5.41, 5.74) is 4.61. The number of allylic oxidation sites excluding steroid dienone is 5. The summed E-state index contributed by atoms with van der Waals surface area (Å²) < 4.78 is 4.79. The van der Waals surface area contributed by atoms with Crippen LogP contribution in [0.2, 0.25) is 0 Å². The molecular weight excluding hydrogens is 510 g/mol. The fourth-order valence-corrected chi connectivity index (χ4v) is 3.93. The second-order valence-corrected chi connectivity index (χ2v) is 9.43. The fraction of sp³-hybridized carbons (Fsp3) is 0.486. The maximum absolute atomic E-state index is 10.9. The van der Waals surface area contributed by atoms with Crippen LogP contribution in [0, 0.1) is 18.8 Å². The van der Waals surface area contributed by atoms with E-state index in [2.05, 4.69) is 67.1 Å². The van der Waals surface area contributed by atoms with Crippen molar-refractivity contribution in [2.75, 3.05) is 32.7 Å². The van der Waals surface area contributed by atoms with E-state index in [1.165, 1.54) is 18.2 Å². The van der Waals surface area contributed by atoms with Crippen LogP contribution in [-0.2, 0) is 20.9 Å². The van der Waals surface area contributed by atoms with Crippen molar-refractivity contribution in [3.63, 3.8) is 0 Å². The van der Waals surface area contributed by atoms with E-state index in [1.54, 1.807) is 6.92 Å². The van der Waals surface area contributed by atoms with Crippen molar-refractivity contribution in [2.24, 2.45) is 5.92 Å². The van der Waals surface area contributed by atoms with Gasteiger partial charge in [0, 0.05) is 58.0 Å². The Bertz CT molecular complexity index is 955. The topological polar surface area (TPSA) is 61.9 Å². The third-order valence-corrected chi connectivity index (χ3v) is 6.35. The zero-order valence-electron chi connectivity index (χ0n) is 26.7. The molecule has 0 unspecified atom stereocenters. The molecule has 1 saturated heterocycles. The molecule has 1 aliphatic rings. The van der Waals surface area contributed by atoms with E-state index in [0.717, 1.165) is 63.2 Å². The number of piperazine rings is 1. The minimum Gasteiger partial charge on any atom is -0.461 e. The molecule has 2 rings (SSSR count). The molecule has 1 aromatic carbocycles. The van der Waals surface area contributed by atoms with E-state index >= 15 is 0 Å². The first kappa shape index (κ1) is 39.4. The lowest BCUT2D eigenvalue weighted by Crippen LogP contribution is -2.45. The maximum atomic E-state index is 10.9. The number of nitrogens with one attached hydrogen (secondary N) is 1. The standard InChI is InChI=1S/C22H37N3O.C9H10O2.C2H6.C2H2/c1-7-8-11-18(2)20(4)24-14-16-25(17-15-24)21(5)19(3)12-9-10-13-23-22(6)26;1-8(10)11-7-9-5-3-2-4-6-9;2*1-2/h7-8,11,19H,4-5,9-10,12-17H2,1-3,6H3,(H,23,26);2-6H,7H2,1H3;1-2H3;1-2H/b8-7-,18-11-;;;/t19-;;;/m0.../s1. The third kappa shape index (κ3) is 19.1. The molecule has 0 spiro atoms.